The van der Waals surface area contributed by atoms with Crippen molar-refractivity contribution in [1.29, 1.82) is 0 Å². The van der Waals surface area contributed by atoms with E-state index in [0.717, 1.165) is 32.0 Å². The molecule has 7 heteroatoms. The third-order valence-electron chi connectivity index (χ3n) is 3.79. The molecule has 1 aliphatic heterocycles. The fourth-order valence-electron chi connectivity index (χ4n) is 2.80. The normalized spacial score (nSPS) is 19.6. The van der Waals surface area contributed by atoms with Crippen molar-refractivity contribution < 1.29 is 0 Å². The van der Waals surface area contributed by atoms with E-state index in [1.54, 1.807) is 10.7 Å². The van der Waals surface area contributed by atoms with Gasteiger partial charge in [-0.25, -0.2) is 0 Å². The van der Waals surface area contributed by atoms with Crippen molar-refractivity contribution in [3.63, 3.8) is 0 Å². The highest BCUT2D eigenvalue weighted by atomic mass is 15.5. The zero-order chi connectivity index (χ0) is 13.8. The van der Waals surface area contributed by atoms with E-state index in [4.69, 9.17) is 0 Å². The van der Waals surface area contributed by atoms with Gasteiger partial charge in [-0.3, -0.25) is 4.98 Å². The molecule has 2 aromatic rings. The molecule has 1 aliphatic rings. The largest absolute Gasteiger partial charge is 0.355 e. The van der Waals surface area contributed by atoms with Crippen LogP contribution in [-0.4, -0.2) is 51.2 Å². The van der Waals surface area contributed by atoms with Crippen LogP contribution in [0.4, 0.5) is 5.82 Å². The fourth-order valence-corrected chi connectivity index (χ4v) is 2.80. The summed E-state index contributed by atoms with van der Waals surface area (Å²) in [6, 6.07) is 0. The van der Waals surface area contributed by atoms with Gasteiger partial charge in [0.15, 0.2) is 11.5 Å². The highest BCUT2D eigenvalue weighted by molar-refractivity contribution is 5.46. The standard InChI is InChI=1S/C13H21N7/c1-2-5-14-7-11-4-3-6-19(10-11)13-9-15-8-12-16-17-18-20(12)13/h8-9,11,14H,2-7,10H2,1H3. The quantitative estimate of drug-likeness (QED) is 0.811. The number of nitrogens with one attached hydrogen (secondary N) is 1. The van der Waals surface area contributed by atoms with Gasteiger partial charge in [-0.15, -0.1) is 5.10 Å². The molecule has 108 valence electrons. The van der Waals surface area contributed by atoms with Crippen LogP contribution in [0.1, 0.15) is 26.2 Å². The number of rotatable bonds is 5. The maximum absolute atomic E-state index is 4.24. The monoisotopic (exact) mass is 275 g/mol. The van der Waals surface area contributed by atoms with Crippen LogP contribution in [0.25, 0.3) is 5.65 Å². The molecule has 0 saturated carbocycles. The SMILES string of the molecule is CCCNCC1CCCN(c2cncc3nnnn23)C1. The number of hydrogen-bond donors (Lipinski definition) is 1. The summed E-state index contributed by atoms with van der Waals surface area (Å²) < 4.78 is 1.77. The third-order valence-corrected chi connectivity index (χ3v) is 3.79. The van der Waals surface area contributed by atoms with Crippen molar-refractivity contribution in [2.75, 3.05) is 31.1 Å². The number of anilines is 1. The summed E-state index contributed by atoms with van der Waals surface area (Å²) in [5, 5.41) is 15.2. The molecule has 1 saturated heterocycles. The number of fused-ring (bicyclic) bond motifs is 1. The van der Waals surface area contributed by atoms with Crippen LogP contribution >= 0.6 is 0 Å². The van der Waals surface area contributed by atoms with Crippen molar-refractivity contribution in [1.82, 2.24) is 30.3 Å². The molecule has 2 aromatic heterocycles. The van der Waals surface area contributed by atoms with Crippen LogP contribution in [0.15, 0.2) is 12.4 Å². The summed E-state index contributed by atoms with van der Waals surface area (Å²) in [4.78, 5) is 6.59. The average Bonchev–Trinajstić information content (AvgIpc) is 2.96. The molecule has 7 nitrogen and oxygen atoms in total. The van der Waals surface area contributed by atoms with E-state index in [9.17, 15) is 0 Å². The van der Waals surface area contributed by atoms with Gasteiger partial charge < -0.3 is 10.2 Å². The van der Waals surface area contributed by atoms with Gasteiger partial charge in [-0.1, -0.05) is 6.92 Å². The minimum atomic E-state index is 0.682. The van der Waals surface area contributed by atoms with E-state index in [0.29, 0.717) is 11.6 Å². The summed E-state index contributed by atoms with van der Waals surface area (Å²) in [6.45, 7) is 6.47. The molecule has 1 N–H and O–H groups in total. The Morgan fingerprint density at radius 2 is 2.35 bits per heavy atom. The lowest BCUT2D eigenvalue weighted by molar-refractivity contribution is 0.389. The van der Waals surface area contributed by atoms with E-state index < -0.39 is 0 Å². The van der Waals surface area contributed by atoms with Crippen LogP contribution in [0.5, 0.6) is 0 Å². The lowest BCUT2D eigenvalue weighted by Gasteiger charge is -2.34. The summed E-state index contributed by atoms with van der Waals surface area (Å²) in [6.07, 6.45) is 7.21. The molecular weight excluding hydrogens is 254 g/mol. The highest BCUT2D eigenvalue weighted by Gasteiger charge is 2.22. The van der Waals surface area contributed by atoms with Gasteiger partial charge in [0.05, 0.1) is 12.4 Å². The zero-order valence-electron chi connectivity index (χ0n) is 11.9. The van der Waals surface area contributed by atoms with E-state index in [2.05, 4.69) is 37.6 Å². The van der Waals surface area contributed by atoms with E-state index >= 15 is 0 Å². The van der Waals surface area contributed by atoms with Crippen molar-refractivity contribution in [3.8, 4) is 0 Å². The first-order valence-electron chi connectivity index (χ1n) is 7.36. The number of nitrogens with zero attached hydrogens (tertiary/aromatic N) is 6. The molecule has 0 amide bonds. The molecular formula is C13H21N7. The summed E-state index contributed by atoms with van der Waals surface area (Å²) >= 11 is 0. The van der Waals surface area contributed by atoms with Crippen LogP contribution in [0, 0.1) is 5.92 Å². The number of tetrazole rings is 1. The first-order chi connectivity index (χ1) is 9.88. The van der Waals surface area contributed by atoms with Gasteiger partial charge in [-0.05, 0) is 48.7 Å². The van der Waals surface area contributed by atoms with E-state index in [1.165, 1.54) is 19.3 Å². The Morgan fingerprint density at radius 1 is 1.40 bits per heavy atom. The molecule has 1 unspecified atom stereocenters. The van der Waals surface area contributed by atoms with E-state index in [1.807, 2.05) is 6.20 Å². The molecule has 0 aliphatic carbocycles. The summed E-state index contributed by atoms with van der Waals surface area (Å²) in [7, 11) is 0. The van der Waals surface area contributed by atoms with Crippen LogP contribution < -0.4 is 10.2 Å². The zero-order valence-corrected chi connectivity index (χ0v) is 11.9. The Bertz CT molecular complexity index is 552. The Balaban J connectivity index is 1.71. The van der Waals surface area contributed by atoms with Crippen LogP contribution in [-0.2, 0) is 0 Å². The second kappa shape index (κ2) is 6.13. The fraction of sp³-hybridized carbons (Fsp3) is 0.692. The molecule has 0 spiro atoms. The van der Waals surface area contributed by atoms with Crippen LogP contribution in [0.3, 0.4) is 0 Å². The first-order valence-corrected chi connectivity index (χ1v) is 7.36. The van der Waals surface area contributed by atoms with Gasteiger partial charge in [0.2, 0.25) is 0 Å². The lowest BCUT2D eigenvalue weighted by Crippen LogP contribution is -2.40. The molecule has 20 heavy (non-hydrogen) atoms. The topological polar surface area (TPSA) is 71.2 Å². The maximum Gasteiger partial charge on any atom is 0.199 e. The van der Waals surface area contributed by atoms with Crippen molar-refractivity contribution in [2.45, 2.75) is 26.2 Å². The van der Waals surface area contributed by atoms with Crippen molar-refractivity contribution in [2.24, 2.45) is 5.92 Å². The van der Waals surface area contributed by atoms with Gasteiger partial charge in [-0.2, -0.15) is 4.52 Å². The Morgan fingerprint density at radius 3 is 3.25 bits per heavy atom. The van der Waals surface area contributed by atoms with Crippen LogP contribution in [0.2, 0.25) is 0 Å². The molecule has 3 heterocycles. The van der Waals surface area contributed by atoms with Crippen molar-refractivity contribution in [3.05, 3.63) is 12.4 Å². The van der Waals surface area contributed by atoms with Gasteiger partial charge in [0.25, 0.3) is 0 Å². The molecule has 0 radical (unpaired) electrons. The highest BCUT2D eigenvalue weighted by Crippen LogP contribution is 2.22. The van der Waals surface area contributed by atoms with Crippen molar-refractivity contribution >= 4 is 11.5 Å². The Hall–Kier alpha value is -1.76. The predicted molar refractivity (Wildman–Crippen MR) is 76.7 cm³/mol. The second-order valence-corrected chi connectivity index (χ2v) is 5.37. The molecule has 0 bridgehead atoms. The van der Waals surface area contributed by atoms with Gasteiger partial charge >= 0.3 is 0 Å². The van der Waals surface area contributed by atoms with Gasteiger partial charge in [0.1, 0.15) is 0 Å². The number of piperidine rings is 1. The van der Waals surface area contributed by atoms with E-state index in [-0.39, 0.29) is 0 Å². The minimum absolute atomic E-state index is 0.682. The molecule has 1 atom stereocenters. The molecule has 3 rings (SSSR count). The molecule has 0 aromatic carbocycles. The average molecular weight is 275 g/mol. The van der Waals surface area contributed by atoms with Gasteiger partial charge in [0, 0.05) is 13.1 Å². The second-order valence-electron chi connectivity index (χ2n) is 5.37. The number of hydrogen-bond acceptors (Lipinski definition) is 6. The summed E-state index contributed by atoms with van der Waals surface area (Å²) in [5.41, 5.74) is 0.703. The minimum Gasteiger partial charge on any atom is -0.355 e. The summed E-state index contributed by atoms with van der Waals surface area (Å²) in [5.74, 6) is 1.68. The Labute approximate surface area is 118 Å². The lowest BCUT2D eigenvalue weighted by atomic mass is 9.98. The third kappa shape index (κ3) is 2.72. The molecule has 1 fully saturated rings. The smallest absolute Gasteiger partial charge is 0.199 e. The first kappa shape index (κ1) is 13.2. The number of aromatic nitrogens is 5. The maximum atomic E-state index is 4.24. The predicted octanol–water partition coefficient (Wildman–Crippen LogP) is 0.735. The Kier molecular flexibility index (Phi) is 4.05.